The van der Waals surface area contributed by atoms with Gasteiger partial charge in [-0.25, -0.2) is 4.79 Å². The zero-order chi connectivity index (χ0) is 29.5. The van der Waals surface area contributed by atoms with E-state index in [4.69, 9.17) is 33.2 Å². The molecule has 0 bridgehead atoms. The molecule has 1 unspecified atom stereocenters. The number of hydrogen-bond donors (Lipinski definition) is 0. The van der Waals surface area contributed by atoms with E-state index in [-0.39, 0.29) is 19.6 Å². The van der Waals surface area contributed by atoms with Gasteiger partial charge in [-0.05, 0) is 23.8 Å². The Hall–Kier alpha value is -4.07. The van der Waals surface area contributed by atoms with Gasteiger partial charge in [0.15, 0.2) is 18.1 Å². The number of thiophene rings is 1. The second kappa shape index (κ2) is 13.5. The number of fused-ring (bicyclic) bond motifs is 1. The molecule has 1 aliphatic rings. The van der Waals surface area contributed by atoms with Crippen molar-refractivity contribution in [3.63, 3.8) is 0 Å². The van der Waals surface area contributed by atoms with E-state index in [0.717, 1.165) is 15.6 Å². The Balaban J connectivity index is 1.41. The third-order valence-electron chi connectivity index (χ3n) is 5.94. The maximum absolute atomic E-state index is 11.9. The van der Waals surface area contributed by atoms with Crippen molar-refractivity contribution in [1.82, 2.24) is 4.98 Å². The number of benzene rings is 1. The number of ether oxygens (including phenoxy) is 7. The molecule has 13 heteroatoms. The van der Waals surface area contributed by atoms with E-state index in [1.54, 1.807) is 42.7 Å². The molecule has 2 aromatic heterocycles. The van der Waals surface area contributed by atoms with Crippen LogP contribution in [0.25, 0.3) is 10.1 Å². The van der Waals surface area contributed by atoms with Crippen LogP contribution in [0.15, 0.2) is 42.7 Å². The number of rotatable bonds is 10. The van der Waals surface area contributed by atoms with Gasteiger partial charge in [0.05, 0.1) is 24.6 Å². The summed E-state index contributed by atoms with van der Waals surface area (Å²) in [6, 6.07) is 8.84. The van der Waals surface area contributed by atoms with E-state index >= 15 is 0 Å². The Labute approximate surface area is 239 Å². The van der Waals surface area contributed by atoms with Crippen molar-refractivity contribution in [2.24, 2.45) is 0 Å². The van der Waals surface area contributed by atoms with Crippen LogP contribution < -0.4 is 4.74 Å². The molecule has 3 aromatic rings. The first-order valence-corrected chi connectivity index (χ1v) is 13.4. The lowest BCUT2D eigenvalue weighted by Gasteiger charge is -2.39. The highest BCUT2D eigenvalue weighted by molar-refractivity contribution is 7.20. The highest BCUT2D eigenvalue weighted by Gasteiger charge is 2.44. The predicted molar refractivity (Wildman–Crippen MR) is 143 cm³/mol. The van der Waals surface area contributed by atoms with Crippen LogP contribution in [0.4, 0.5) is 0 Å². The SMILES string of the molecule is COC(=O)c1cc2c(Oc3ccc(COC4C[C@@H](OC(C)=O)[C@H](OC(C)=O)[C@@H](COC(C)=O)O4)cc3)cncc2s1. The predicted octanol–water partition coefficient (Wildman–Crippen LogP) is 3.93. The molecule has 1 saturated heterocycles. The quantitative estimate of drug-likeness (QED) is 0.250. The number of nitrogens with zero attached hydrogens (tertiary/aromatic N) is 1. The van der Waals surface area contributed by atoms with Crippen molar-refractivity contribution < 1.29 is 52.3 Å². The molecule has 4 rings (SSSR count). The number of carbonyl (C=O) groups excluding carboxylic acids is 4. The largest absolute Gasteiger partial charge is 0.465 e. The minimum Gasteiger partial charge on any atom is -0.465 e. The molecule has 1 aliphatic heterocycles. The molecule has 1 aromatic carbocycles. The normalized spacial score (nSPS) is 20.2. The number of carbonyl (C=O) groups is 4. The average molecular weight is 588 g/mol. The zero-order valence-corrected chi connectivity index (χ0v) is 23.6. The van der Waals surface area contributed by atoms with E-state index in [9.17, 15) is 19.2 Å². The van der Waals surface area contributed by atoms with E-state index in [0.29, 0.717) is 16.4 Å². The molecule has 0 spiro atoms. The van der Waals surface area contributed by atoms with E-state index in [1.807, 2.05) is 0 Å². The molecular weight excluding hydrogens is 558 g/mol. The molecule has 0 aliphatic carbocycles. The first-order valence-electron chi connectivity index (χ1n) is 12.6. The van der Waals surface area contributed by atoms with Gasteiger partial charge in [-0.3, -0.25) is 19.4 Å². The molecule has 0 N–H and O–H groups in total. The summed E-state index contributed by atoms with van der Waals surface area (Å²) >= 11 is 1.27. The standard InChI is InChI=1S/C28H29NO11S/c1-15(30)35-14-23-27(38-17(3)32)21(37-16(2)31)10-26(40-23)36-13-18-5-7-19(8-6-18)39-22-11-29-12-25-20(22)9-24(41-25)28(33)34-4/h5-9,11-12,21,23,26-27H,10,13-14H2,1-4H3/t21-,23-,26?,27+/m1/s1. The van der Waals surface area contributed by atoms with Crippen LogP contribution in [0.5, 0.6) is 11.5 Å². The fourth-order valence-corrected chi connectivity index (χ4v) is 5.16. The second-order valence-electron chi connectivity index (χ2n) is 9.07. The van der Waals surface area contributed by atoms with Crippen LogP contribution in [0, 0.1) is 0 Å². The molecule has 4 atom stereocenters. The Morgan fingerprint density at radius 2 is 1.73 bits per heavy atom. The van der Waals surface area contributed by atoms with Crippen LogP contribution in [0.3, 0.4) is 0 Å². The van der Waals surface area contributed by atoms with Crippen molar-refractivity contribution in [1.29, 1.82) is 0 Å². The molecule has 41 heavy (non-hydrogen) atoms. The molecule has 0 amide bonds. The molecule has 12 nitrogen and oxygen atoms in total. The van der Waals surface area contributed by atoms with Gasteiger partial charge in [0.2, 0.25) is 0 Å². The lowest BCUT2D eigenvalue weighted by molar-refractivity contribution is -0.269. The van der Waals surface area contributed by atoms with Gasteiger partial charge < -0.3 is 33.2 Å². The van der Waals surface area contributed by atoms with Crippen LogP contribution in [-0.2, 0) is 49.4 Å². The van der Waals surface area contributed by atoms with Crippen molar-refractivity contribution in [2.45, 2.75) is 58.4 Å². The summed E-state index contributed by atoms with van der Waals surface area (Å²) in [5.74, 6) is -1.10. The van der Waals surface area contributed by atoms with Gasteiger partial charge >= 0.3 is 23.9 Å². The van der Waals surface area contributed by atoms with Crippen molar-refractivity contribution in [3.05, 3.63) is 53.2 Å². The summed E-state index contributed by atoms with van der Waals surface area (Å²) < 4.78 is 39.3. The Morgan fingerprint density at radius 3 is 2.39 bits per heavy atom. The van der Waals surface area contributed by atoms with Gasteiger partial charge in [0, 0.05) is 38.8 Å². The van der Waals surface area contributed by atoms with Gasteiger partial charge in [-0.15, -0.1) is 11.3 Å². The van der Waals surface area contributed by atoms with Gasteiger partial charge in [0.1, 0.15) is 29.4 Å². The lowest BCUT2D eigenvalue weighted by atomic mass is 10.0. The maximum atomic E-state index is 11.9. The van der Waals surface area contributed by atoms with Crippen LogP contribution >= 0.6 is 11.3 Å². The Kier molecular flexibility index (Phi) is 9.86. The Morgan fingerprint density at radius 1 is 1.00 bits per heavy atom. The molecule has 1 fully saturated rings. The molecule has 3 heterocycles. The summed E-state index contributed by atoms with van der Waals surface area (Å²) in [7, 11) is 1.33. The summed E-state index contributed by atoms with van der Waals surface area (Å²) in [6.45, 7) is 3.63. The topological polar surface area (TPSA) is 146 Å². The number of aromatic nitrogens is 1. The minimum absolute atomic E-state index is 0.0977. The summed E-state index contributed by atoms with van der Waals surface area (Å²) in [4.78, 5) is 51.3. The summed E-state index contributed by atoms with van der Waals surface area (Å²) in [6.07, 6.45) is -0.256. The first kappa shape index (κ1) is 29.9. The highest BCUT2D eigenvalue weighted by Crippen LogP contribution is 2.35. The van der Waals surface area contributed by atoms with Gasteiger partial charge in [0.25, 0.3) is 0 Å². The average Bonchev–Trinajstić information content (AvgIpc) is 3.37. The van der Waals surface area contributed by atoms with Crippen molar-refractivity contribution in [3.8, 4) is 11.5 Å². The smallest absolute Gasteiger partial charge is 0.348 e. The lowest BCUT2D eigenvalue weighted by Crippen LogP contribution is -2.54. The molecule has 218 valence electrons. The first-order chi connectivity index (χ1) is 19.6. The molecule has 0 saturated carbocycles. The number of methoxy groups -OCH3 is 1. The third-order valence-corrected chi connectivity index (χ3v) is 6.99. The van der Waals surface area contributed by atoms with Crippen molar-refractivity contribution in [2.75, 3.05) is 13.7 Å². The van der Waals surface area contributed by atoms with Crippen LogP contribution in [0.2, 0.25) is 0 Å². The summed E-state index contributed by atoms with van der Waals surface area (Å²) in [5.41, 5.74) is 0.795. The van der Waals surface area contributed by atoms with Crippen LogP contribution in [0.1, 0.15) is 42.4 Å². The van der Waals surface area contributed by atoms with Crippen LogP contribution in [-0.4, -0.2) is 67.2 Å². The van der Waals surface area contributed by atoms with E-state index in [2.05, 4.69) is 4.98 Å². The zero-order valence-electron chi connectivity index (χ0n) is 22.8. The number of pyridine rings is 1. The third kappa shape index (κ3) is 7.99. The Bertz CT molecular complexity index is 1400. The summed E-state index contributed by atoms with van der Waals surface area (Å²) in [5, 5.41) is 0.741. The van der Waals surface area contributed by atoms with E-state index in [1.165, 1.54) is 39.2 Å². The molecule has 0 radical (unpaired) electrons. The second-order valence-corrected chi connectivity index (χ2v) is 10.2. The van der Waals surface area contributed by atoms with E-state index < -0.39 is 48.5 Å². The van der Waals surface area contributed by atoms with Gasteiger partial charge in [-0.2, -0.15) is 0 Å². The highest BCUT2D eigenvalue weighted by atomic mass is 32.1. The molecular formula is C28H29NO11S. The number of hydrogen-bond acceptors (Lipinski definition) is 13. The fourth-order valence-electron chi connectivity index (χ4n) is 4.19. The fraction of sp³-hybridized carbons (Fsp3) is 0.393. The van der Waals surface area contributed by atoms with Gasteiger partial charge in [-0.1, -0.05) is 12.1 Å². The maximum Gasteiger partial charge on any atom is 0.348 e. The monoisotopic (exact) mass is 587 g/mol. The van der Waals surface area contributed by atoms with Crippen molar-refractivity contribution >= 4 is 45.3 Å². The minimum atomic E-state index is -0.974. The number of esters is 4.